The van der Waals surface area contributed by atoms with Gasteiger partial charge in [-0.3, -0.25) is 4.98 Å². The largest absolute Gasteiger partial charge is 0.256 e. The molecule has 0 atom stereocenters. The van der Waals surface area contributed by atoms with E-state index in [1.165, 1.54) is 60.5 Å². The number of fused-ring (bicyclic) bond motifs is 3. The van der Waals surface area contributed by atoms with E-state index in [1.807, 2.05) is 12.3 Å². The van der Waals surface area contributed by atoms with E-state index in [9.17, 15) is 0 Å². The second kappa shape index (κ2) is 8.72. The van der Waals surface area contributed by atoms with Crippen LogP contribution in [0.3, 0.4) is 0 Å². The van der Waals surface area contributed by atoms with Crippen molar-refractivity contribution in [2.45, 2.75) is 6.92 Å². The molecule has 0 spiro atoms. The van der Waals surface area contributed by atoms with Crippen molar-refractivity contribution in [3.8, 4) is 33.4 Å². The van der Waals surface area contributed by atoms with Gasteiger partial charge in [-0.2, -0.15) is 0 Å². The fourth-order valence-electron chi connectivity index (χ4n) is 5.30. The molecule has 1 heteroatoms. The normalized spacial score (nSPS) is 11.4. The molecule has 7 rings (SSSR count). The van der Waals surface area contributed by atoms with E-state index >= 15 is 0 Å². The van der Waals surface area contributed by atoms with Gasteiger partial charge in [-0.15, -0.1) is 0 Å². The molecule has 1 aromatic heterocycles. The summed E-state index contributed by atoms with van der Waals surface area (Å²) >= 11 is 0. The molecule has 7 aromatic rings. The molecule has 0 aliphatic rings. The first-order valence-electron chi connectivity index (χ1n) is 12.7. The molecule has 0 saturated carbocycles. The third-order valence-corrected chi connectivity index (χ3v) is 7.34. The fourth-order valence-corrected chi connectivity index (χ4v) is 5.30. The average Bonchev–Trinajstić information content (AvgIpc) is 2.96. The predicted molar refractivity (Wildman–Crippen MR) is 158 cm³/mol. The number of rotatable bonds is 3. The van der Waals surface area contributed by atoms with Crippen LogP contribution in [0, 0.1) is 6.92 Å². The Bertz CT molecular complexity index is 1930. The van der Waals surface area contributed by atoms with E-state index in [-0.39, 0.29) is 0 Å². The number of aromatic nitrogens is 1. The van der Waals surface area contributed by atoms with Crippen LogP contribution in [0.2, 0.25) is 0 Å². The van der Waals surface area contributed by atoms with Crippen LogP contribution < -0.4 is 0 Å². The topological polar surface area (TPSA) is 12.9 Å². The van der Waals surface area contributed by atoms with Crippen molar-refractivity contribution in [1.29, 1.82) is 0 Å². The van der Waals surface area contributed by atoms with Crippen LogP contribution in [0.25, 0.3) is 65.8 Å². The highest BCUT2D eigenvalue weighted by Crippen LogP contribution is 2.36. The number of aryl methyl sites for hydroxylation is 1. The van der Waals surface area contributed by atoms with Gasteiger partial charge in [-0.25, -0.2) is 0 Å². The van der Waals surface area contributed by atoms with Crippen molar-refractivity contribution in [3.05, 3.63) is 139 Å². The molecule has 0 fully saturated rings. The molecular weight excluding hydrogens is 446 g/mol. The zero-order chi connectivity index (χ0) is 24.8. The summed E-state index contributed by atoms with van der Waals surface area (Å²) in [6, 6.07) is 46.3. The van der Waals surface area contributed by atoms with E-state index in [1.54, 1.807) is 0 Å². The van der Waals surface area contributed by atoms with Crippen molar-refractivity contribution < 1.29 is 0 Å². The first kappa shape index (κ1) is 21.5. The lowest BCUT2D eigenvalue weighted by Gasteiger charge is -2.13. The molecule has 1 heterocycles. The Hall–Kier alpha value is -4.75. The summed E-state index contributed by atoms with van der Waals surface area (Å²) in [6.07, 6.45) is 1.85. The van der Waals surface area contributed by atoms with Crippen LogP contribution in [0.15, 0.2) is 134 Å². The Morgan fingerprint density at radius 1 is 0.432 bits per heavy atom. The maximum atomic E-state index is 4.55. The van der Waals surface area contributed by atoms with Crippen LogP contribution in [0.4, 0.5) is 0 Å². The minimum Gasteiger partial charge on any atom is -0.256 e. The summed E-state index contributed by atoms with van der Waals surface area (Å²) in [6.45, 7) is 2.13. The maximum Gasteiger partial charge on any atom is 0.0708 e. The van der Waals surface area contributed by atoms with Gasteiger partial charge in [0.1, 0.15) is 0 Å². The molecule has 0 amide bonds. The van der Waals surface area contributed by atoms with Gasteiger partial charge < -0.3 is 0 Å². The average molecular weight is 472 g/mol. The minimum atomic E-state index is 1.02. The van der Waals surface area contributed by atoms with Gasteiger partial charge in [0, 0.05) is 11.6 Å². The Morgan fingerprint density at radius 3 is 1.86 bits per heavy atom. The maximum absolute atomic E-state index is 4.55. The Kier molecular flexibility index (Phi) is 5.08. The van der Waals surface area contributed by atoms with Crippen LogP contribution >= 0.6 is 0 Å². The molecule has 0 unspecified atom stereocenters. The first-order valence-corrected chi connectivity index (χ1v) is 12.7. The lowest BCUT2D eigenvalue weighted by molar-refractivity contribution is 1.41. The first-order chi connectivity index (χ1) is 18.2. The number of nitrogens with zero attached hydrogens (tertiary/aromatic N) is 1. The fraction of sp³-hybridized carbons (Fsp3) is 0.0278. The third-order valence-electron chi connectivity index (χ3n) is 7.34. The van der Waals surface area contributed by atoms with Crippen molar-refractivity contribution >= 4 is 32.4 Å². The lowest BCUT2D eigenvalue weighted by atomic mass is 9.91. The van der Waals surface area contributed by atoms with E-state index in [4.69, 9.17) is 0 Å². The van der Waals surface area contributed by atoms with E-state index in [2.05, 4.69) is 133 Å². The highest BCUT2D eigenvalue weighted by Gasteiger charge is 2.10. The molecule has 0 aliphatic carbocycles. The van der Waals surface area contributed by atoms with Gasteiger partial charge in [0.15, 0.2) is 0 Å². The Morgan fingerprint density at radius 2 is 1.05 bits per heavy atom. The highest BCUT2D eigenvalue weighted by molar-refractivity contribution is 6.01. The minimum absolute atomic E-state index is 1.02. The zero-order valence-corrected chi connectivity index (χ0v) is 20.6. The zero-order valence-electron chi connectivity index (χ0n) is 20.6. The van der Waals surface area contributed by atoms with Gasteiger partial charge in [-0.05, 0) is 98.2 Å². The smallest absolute Gasteiger partial charge is 0.0708 e. The highest BCUT2D eigenvalue weighted by atomic mass is 14.6. The third kappa shape index (κ3) is 3.95. The molecule has 0 bridgehead atoms. The van der Waals surface area contributed by atoms with Crippen molar-refractivity contribution in [2.24, 2.45) is 0 Å². The molecule has 1 nitrogen and oxygen atoms in total. The number of hydrogen-bond donors (Lipinski definition) is 0. The summed E-state index contributed by atoms with van der Waals surface area (Å²) in [5.41, 5.74) is 9.66. The van der Waals surface area contributed by atoms with E-state index in [0.717, 1.165) is 10.9 Å². The van der Waals surface area contributed by atoms with Gasteiger partial charge in [0.05, 0.1) is 5.52 Å². The van der Waals surface area contributed by atoms with Crippen LogP contribution in [0.1, 0.15) is 5.56 Å². The van der Waals surface area contributed by atoms with Gasteiger partial charge in [0.2, 0.25) is 0 Å². The lowest BCUT2D eigenvalue weighted by Crippen LogP contribution is -1.87. The quantitative estimate of drug-likeness (QED) is 0.250. The molecule has 6 aromatic carbocycles. The number of benzene rings is 6. The van der Waals surface area contributed by atoms with Crippen LogP contribution in [0.5, 0.6) is 0 Å². The second-order valence-corrected chi connectivity index (χ2v) is 9.80. The molecule has 0 aliphatic heterocycles. The standard InChI is InChI=1S/C36H25N/c1-24-8-10-26(11-9-24)35-22-33(21-31-5-2-3-7-34(31)35)29-16-13-25-12-15-28(19-32(25)20-29)30-17-14-27-6-4-18-37-36(27)23-30/h2-23H,1H3. The van der Waals surface area contributed by atoms with Crippen molar-refractivity contribution in [2.75, 3.05) is 0 Å². The van der Waals surface area contributed by atoms with Crippen LogP contribution in [-0.4, -0.2) is 4.98 Å². The van der Waals surface area contributed by atoms with E-state index < -0.39 is 0 Å². The summed E-state index contributed by atoms with van der Waals surface area (Å²) in [5, 5.41) is 6.18. The second-order valence-electron chi connectivity index (χ2n) is 9.80. The monoisotopic (exact) mass is 471 g/mol. The molecule has 0 N–H and O–H groups in total. The predicted octanol–water partition coefficient (Wildman–Crippen LogP) is 9.85. The Balaban J connectivity index is 1.36. The molecule has 37 heavy (non-hydrogen) atoms. The summed E-state index contributed by atoms with van der Waals surface area (Å²) < 4.78 is 0. The van der Waals surface area contributed by atoms with Gasteiger partial charge in [0.25, 0.3) is 0 Å². The number of pyridine rings is 1. The SMILES string of the molecule is Cc1ccc(-c2cc(-c3ccc4ccc(-c5ccc6cccnc6c5)cc4c3)cc3ccccc23)cc1. The van der Waals surface area contributed by atoms with Crippen molar-refractivity contribution in [1.82, 2.24) is 4.98 Å². The number of hydrogen-bond acceptors (Lipinski definition) is 1. The van der Waals surface area contributed by atoms with Gasteiger partial charge in [-0.1, -0.05) is 96.6 Å². The van der Waals surface area contributed by atoms with Gasteiger partial charge >= 0.3 is 0 Å². The Labute approximate surface area is 216 Å². The van der Waals surface area contributed by atoms with Crippen molar-refractivity contribution in [3.63, 3.8) is 0 Å². The van der Waals surface area contributed by atoms with Crippen LogP contribution in [-0.2, 0) is 0 Å². The summed E-state index contributed by atoms with van der Waals surface area (Å²) in [7, 11) is 0. The van der Waals surface area contributed by atoms with E-state index in [0.29, 0.717) is 0 Å². The summed E-state index contributed by atoms with van der Waals surface area (Å²) in [5.74, 6) is 0. The molecule has 0 saturated heterocycles. The molecular formula is C36H25N. The molecule has 174 valence electrons. The summed E-state index contributed by atoms with van der Waals surface area (Å²) in [4.78, 5) is 4.55. The molecule has 0 radical (unpaired) electrons.